The molecule has 17 heavy (non-hydrogen) atoms. The average molecular weight is 229 g/mol. The smallest absolute Gasteiger partial charge is 0.112 e. The van der Waals surface area contributed by atoms with Gasteiger partial charge in [0.1, 0.15) is 5.76 Å². The predicted molar refractivity (Wildman–Crippen MR) is 70.8 cm³/mol. The molecular weight excluding hydrogens is 210 g/mol. The van der Waals surface area contributed by atoms with Gasteiger partial charge in [0.25, 0.3) is 0 Å². The number of nitrogens with one attached hydrogen (secondary N) is 1. The molecule has 0 aliphatic carbocycles. The number of rotatable bonds is 4. The molecule has 1 N–H and O–H groups in total. The van der Waals surface area contributed by atoms with Crippen LogP contribution in [0.1, 0.15) is 12.0 Å². The van der Waals surface area contributed by atoms with E-state index in [-0.39, 0.29) is 6.04 Å². The maximum atomic E-state index is 5.32. The van der Waals surface area contributed by atoms with Gasteiger partial charge < -0.3 is 10.1 Å². The van der Waals surface area contributed by atoms with Crippen LogP contribution in [-0.4, -0.2) is 19.2 Å². The fraction of sp³-hybridized carbons (Fsp3) is 0.333. The Morgan fingerprint density at radius 2 is 2.18 bits per heavy atom. The molecule has 0 aromatic heterocycles. The molecule has 1 aliphatic heterocycles. The van der Waals surface area contributed by atoms with Crippen LogP contribution in [0.2, 0.25) is 0 Å². The van der Waals surface area contributed by atoms with Crippen molar-refractivity contribution in [3.05, 3.63) is 60.4 Å². The fourth-order valence-corrected chi connectivity index (χ4v) is 2.22. The molecule has 0 fully saturated rings. The van der Waals surface area contributed by atoms with E-state index in [0.29, 0.717) is 6.04 Å². The lowest BCUT2D eigenvalue weighted by Gasteiger charge is -2.29. The van der Waals surface area contributed by atoms with Crippen LogP contribution in [0.4, 0.5) is 0 Å². The third kappa shape index (κ3) is 2.98. The van der Waals surface area contributed by atoms with E-state index in [1.807, 2.05) is 12.1 Å². The van der Waals surface area contributed by atoms with Crippen molar-refractivity contribution in [1.82, 2.24) is 5.32 Å². The minimum absolute atomic E-state index is 0.141. The molecule has 0 bridgehead atoms. The molecule has 0 radical (unpaired) electrons. The van der Waals surface area contributed by atoms with Crippen molar-refractivity contribution in [3.63, 3.8) is 0 Å². The van der Waals surface area contributed by atoms with Crippen molar-refractivity contribution in [1.29, 1.82) is 0 Å². The normalized spacial score (nSPS) is 23.9. The van der Waals surface area contributed by atoms with Gasteiger partial charge in [-0.05, 0) is 24.5 Å². The monoisotopic (exact) mass is 229 g/mol. The average Bonchev–Trinajstić information content (AvgIpc) is 2.40. The standard InChI is InChI=1S/C15H19NO/c1-3-14-15(17-2)10-9-13(16-14)11-12-7-5-4-6-8-12/h3-8,10,13-14,16H,1,9,11H2,2H3/t13-,14-/m1/s1. The second-order valence-electron chi connectivity index (χ2n) is 4.31. The zero-order chi connectivity index (χ0) is 12.1. The van der Waals surface area contributed by atoms with Crippen LogP contribution in [0.5, 0.6) is 0 Å². The van der Waals surface area contributed by atoms with Crippen LogP contribution < -0.4 is 5.32 Å². The molecule has 1 aliphatic rings. The molecule has 2 rings (SSSR count). The molecule has 0 spiro atoms. The van der Waals surface area contributed by atoms with Crippen LogP contribution in [0.15, 0.2) is 54.8 Å². The van der Waals surface area contributed by atoms with Crippen molar-refractivity contribution in [2.45, 2.75) is 24.9 Å². The van der Waals surface area contributed by atoms with E-state index >= 15 is 0 Å². The molecule has 0 saturated carbocycles. The van der Waals surface area contributed by atoms with E-state index in [0.717, 1.165) is 18.6 Å². The van der Waals surface area contributed by atoms with Crippen molar-refractivity contribution in [2.24, 2.45) is 0 Å². The third-order valence-electron chi connectivity index (χ3n) is 3.12. The first-order valence-corrected chi connectivity index (χ1v) is 6.00. The van der Waals surface area contributed by atoms with Gasteiger partial charge in [-0.25, -0.2) is 0 Å². The zero-order valence-corrected chi connectivity index (χ0v) is 10.2. The van der Waals surface area contributed by atoms with Crippen LogP contribution in [-0.2, 0) is 11.2 Å². The molecule has 0 unspecified atom stereocenters. The largest absolute Gasteiger partial charge is 0.499 e. The van der Waals surface area contributed by atoms with Crippen molar-refractivity contribution < 1.29 is 4.74 Å². The fourth-order valence-electron chi connectivity index (χ4n) is 2.22. The van der Waals surface area contributed by atoms with Gasteiger partial charge in [0, 0.05) is 6.04 Å². The highest BCUT2D eigenvalue weighted by molar-refractivity contribution is 5.20. The summed E-state index contributed by atoms with van der Waals surface area (Å²) in [6.07, 6.45) is 6.10. The summed E-state index contributed by atoms with van der Waals surface area (Å²) in [4.78, 5) is 0. The molecule has 0 saturated heterocycles. The van der Waals surface area contributed by atoms with Gasteiger partial charge in [0.2, 0.25) is 0 Å². The summed E-state index contributed by atoms with van der Waals surface area (Å²) >= 11 is 0. The Kier molecular flexibility index (Phi) is 3.99. The highest BCUT2D eigenvalue weighted by Gasteiger charge is 2.21. The Balaban J connectivity index is 2.01. The Bertz CT molecular complexity index is 397. The topological polar surface area (TPSA) is 21.3 Å². The van der Waals surface area contributed by atoms with Gasteiger partial charge in [-0.15, -0.1) is 6.58 Å². The minimum Gasteiger partial charge on any atom is -0.499 e. The zero-order valence-electron chi connectivity index (χ0n) is 10.2. The minimum atomic E-state index is 0.141. The number of ether oxygens (including phenoxy) is 1. The Morgan fingerprint density at radius 3 is 2.82 bits per heavy atom. The first kappa shape index (κ1) is 11.9. The van der Waals surface area contributed by atoms with E-state index < -0.39 is 0 Å². The van der Waals surface area contributed by atoms with Gasteiger partial charge in [-0.1, -0.05) is 36.4 Å². The van der Waals surface area contributed by atoms with Crippen LogP contribution in [0.3, 0.4) is 0 Å². The molecule has 2 nitrogen and oxygen atoms in total. The van der Waals surface area contributed by atoms with Crippen molar-refractivity contribution in [3.8, 4) is 0 Å². The molecule has 2 atom stereocenters. The van der Waals surface area contributed by atoms with Crippen LogP contribution in [0.25, 0.3) is 0 Å². The summed E-state index contributed by atoms with van der Waals surface area (Å²) < 4.78 is 5.32. The SMILES string of the molecule is C=C[C@H]1N[C@@H](Cc2ccccc2)CC=C1OC. The molecule has 2 heteroatoms. The summed E-state index contributed by atoms with van der Waals surface area (Å²) in [5.41, 5.74) is 1.36. The number of hydrogen-bond acceptors (Lipinski definition) is 2. The van der Waals surface area contributed by atoms with Gasteiger partial charge in [0.05, 0.1) is 13.2 Å². The molecule has 90 valence electrons. The van der Waals surface area contributed by atoms with Gasteiger partial charge >= 0.3 is 0 Å². The molecule has 1 aromatic rings. The quantitative estimate of drug-likeness (QED) is 0.801. The molecule has 1 heterocycles. The van der Waals surface area contributed by atoms with Crippen LogP contribution >= 0.6 is 0 Å². The maximum absolute atomic E-state index is 5.32. The molecule has 0 amide bonds. The number of hydrogen-bond donors (Lipinski definition) is 1. The second kappa shape index (κ2) is 5.69. The summed E-state index contributed by atoms with van der Waals surface area (Å²) in [6, 6.07) is 11.1. The summed E-state index contributed by atoms with van der Waals surface area (Å²) in [6.45, 7) is 3.84. The van der Waals surface area contributed by atoms with Crippen molar-refractivity contribution in [2.75, 3.05) is 7.11 Å². The maximum Gasteiger partial charge on any atom is 0.112 e. The van der Waals surface area contributed by atoms with E-state index in [9.17, 15) is 0 Å². The van der Waals surface area contributed by atoms with Gasteiger partial charge in [0.15, 0.2) is 0 Å². The predicted octanol–water partition coefficient (Wildman–Crippen LogP) is 2.68. The summed E-state index contributed by atoms with van der Waals surface area (Å²) in [5.74, 6) is 0.976. The Labute approximate surface area is 103 Å². The van der Waals surface area contributed by atoms with E-state index in [1.165, 1.54) is 5.56 Å². The highest BCUT2D eigenvalue weighted by atomic mass is 16.5. The molecule has 1 aromatic carbocycles. The lowest BCUT2D eigenvalue weighted by molar-refractivity contribution is 0.243. The Morgan fingerprint density at radius 1 is 1.41 bits per heavy atom. The first-order chi connectivity index (χ1) is 8.33. The van der Waals surface area contributed by atoms with Gasteiger partial charge in [-0.2, -0.15) is 0 Å². The lowest BCUT2D eigenvalue weighted by atomic mass is 9.98. The first-order valence-electron chi connectivity index (χ1n) is 6.00. The highest BCUT2D eigenvalue weighted by Crippen LogP contribution is 2.17. The number of benzene rings is 1. The third-order valence-corrected chi connectivity index (χ3v) is 3.12. The van der Waals surface area contributed by atoms with Crippen molar-refractivity contribution >= 4 is 0 Å². The molecular formula is C15H19NO. The van der Waals surface area contributed by atoms with E-state index in [1.54, 1.807) is 7.11 Å². The van der Waals surface area contributed by atoms with E-state index in [4.69, 9.17) is 4.74 Å². The van der Waals surface area contributed by atoms with Crippen LogP contribution in [0, 0.1) is 0 Å². The summed E-state index contributed by atoms with van der Waals surface area (Å²) in [5, 5.41) is 3.54. The number of methoxy groups -OCH3 is 1. The summed E-state index contributed by atoms with van der Waals surface area (Å²) in [7, 11) is 1.71. The lowest BCUT2D eigenvalue weighted by Crippen LogP contribution is -2.42. The second-order valence-corrected chi connectivity index (χ2v) is 4.31. The van der Waals surface area contributed by atoms with E-state index in [2.05, 4.69) is 42.2 Å². The van der Waals surface area contributed by atoms with Gasteiger partial charge in [-0.3, -0.25) is 0 Å². The Hall–Kier alpha value is -1.54.